The van der Waals surface area contributed by atoms with Crippen LogP contribution in [0.25, 0.3) is 21.3 Å². The van der Waals surface area contributed by atoms with E-state index in [0.29, 0.717) is 46.5 Å². The lowest BCUT2D eigenvalue weighted by molar-refractivity contribution is 0.0794. The van der Waals surface area contributed by atoms with Crippen molar-refractivity contribution in [2.45, 2.75) is 19.4 Å². The number of methoxy groups -OCH3 is 1. The first kappa shape index (κ1) is 22.1. The molecule has 0 unspecified atom stereocenters. The molecule has 5 nitrogen and oxygen atoms in total. The van der Waals surface area contributed by atoms with Gasteiger partial charge in [-0.15, -0.1) is 11.3 Å². The zero-order valence-electron chi connectivity index (χ0n) is 17.8. The lowest BCUT2D eigenvalue weighted by Gasteiger charge is -2.17. The van der Waals surface area contributed by atoms with Gasteiger partial charge in [0.15, 0.2) is 0 Å². The molecular weight excluding hydrogens is 432 g/mol. The number of aryl methyl sites for hydroxylation is 1. The average molecular weight is 456 g/mol. The minimum atomic E-state index is -0.346. The maximum absolute atomic E-state index is 14.4. The van der Waals surface area contributed by atoms with E-state index in [4.69, 9.17) is 4.74 Å². The van der Waals surface area contributed by atoms with Gasteiger partial charge in [-0.3, -0.25) is 9.89 Å². The van der Waals surface area contributed by atoms with Crippen LogP contribution in [0.3, 0.4) is 0 Å². The summed E-state index contributed by atoms with van der Waals surface area (Å²) in [6.07, 6.45) is 1.40. The fraction of sp³-hybridized carbons (Fsp3) is 0.250. The highest BCUT2D eigenvalue weighted by molar-refractivity contribution is 7.21. The highest BCUT2D eigenvalue weighted by Crippen LogP contribution is 2.34. The van der Waals surface area contributed by atoms with E-state index in [1.54, 1.807) is 30.1 Å². The molecule has 0 aliphatic heterocycles. The number of carbonyl (C=O) groups excluding carboxylic acids is 1. The molecule has 0 aliphatic carbocycles. The van der Waals surface area contributed by atoms with Crippen molar-refractivity contribution in [3.05, 3.63) is 76.3 Å². The van der Waals surface area contributed by atoms with Gasteiger partial charge in [0.25, 0.3) is 5.91 Å². The smallest absolute Gasteiger partial charge is 0.264 e. The lowest BCUT2D eigenvalue weighted by Crippen LogP contribution is -2.28. The zero-order chi connectivity index (χ0) is 22.7. The summed E-state index contributed by atoms with van der Waals surface area (Å²) in [5.41, 5.74) is 2.90. The fourth-order valence-electron chi connectivity index (χ4n) is 3.69. The summed E-state index contributed by atoms with van der Waals surface area (Å²) in [6.45, 7) is 0.698. The first-order valence-corrected chi connectivity index (χ1v) is 11.0. The second kappa shape index (κ2) is 9.58. The number of benzene rings is 2. The summed E-state index contributed by atoms with van der Waals surface area (Å²) < 4.78 is 33.8. The minimum absolute atomic E-state index is 0.150. The molecule has 0 aliphatic rings. The van der Waals surface area contributed by atoms with Gasteiger partial charge in [-0.2, -0.15) is 5.10 Å². The van der Waals surface area contributed by atoms with Crippen LogP contribution in [-0.4, -0.2) is 41.7 Å². The van der Waals surface area contributed by atoms with Gasteiger partial charge in [0.05, 0.1) is 17.2 Å². The van der Waals surface area contributed by atoms with Gasteiger partial charge in [-0.1, -0.05) is 18.2 Å². The van der Waals surface area contributed by atoms with Crippen molar-refractivity contribution in [2.24, 2.45) is 0 Å². The molecule has 2 heterocycles. The second-order valence-electron chi connectivity index (χ2n) is 7.57. The Hall–Kier alpha value is -3.10. The molecular formula is C24H23F2N3O2S. The van der Waals surface area contributed by atoms with E-state index in [1.165, 1.54) is 36.6 Å². The van der Waals surface area contributed by atoms with E-state index in [2.05, 4.69) is 10.2 Å². The third kappa shape index (κ3) is 4.56. The van der Waals surface area contributed by atoms with Gasteiger partial charge in [-0.25, -0.2) is 8.78 Å². The summed E-state index contributed by atoms with van der Waals surface area (Å²) in [6, 6.07) is 13.0. The molecule has 4 aromatic rings. The van der Waals surface area contributed by atoms with Gasteiger partial charge >= 0.3 is 0 Å². The Balaban J connectivity index is 1.42. The van der Waals surface area contributed by atoms with Crippen LogP contribution in [0.5, 0.6) is 0 Å². The van der Waals surface area contributed by atoms with Crippen LogP contribution in [0.2, 0.25) is 0 Å². The molecule has 0 radical (unpaired) electrons. The number of hydrogen-bond donors (Lipinski definition) is 1. The molecule has 1 N–H and O–H groups in total. The maximum atomic E-state index is 14.4. The predicted molar refractivity (Wildman–Crippen MR) is 122 cm³/mol. The largest absolute Gasteiger partial charge is 0.380 e. The number of thiophene rings is 1. The van der Waals surface area contributed by atoms with Crippen LogP contribution < -0.4 is 0 Å². The third-order valence-corrected chi connectivity index (χ3v) is 6.47. The zero-order valence-corrected chi connectivity index (χ0v) is 18.6. The Labute approximate surface area is 188 Å². The second-order valence-corrected chi connectivity index (χ2v) is 8.63. The minimum Gasteiger partial charge on any atom is -0.380 e. The summed E-state index contributed by atoms with van der Waals surface area (Å²) in [5.74, 6) is -0.801. The van der Waals surface area contributed by atoms with Crippen molar-refractivity contribution < 1.29 is 18.3 Å². The van der Waals surface area contributed by atoms with Crippen LogP contribution in [0, 0.1) is 11.6 Å². The molecule has 0 bridgehead atoms. The number of rotatable bonds is 8. The van der Waals surface area contributed by atoms with Crippen LogP contribution >= 0.6 is 11.3 Å². The van der Waals surface area contributed by atoms with Crippen LogP contribution in [0.15, 0.2) is 48.5 Å². The van der Waals surface area contributed by atoms with Crippen molar-refractivity contribution in [2.75, 3.05) is 20.7 Å². The molecule has 0 spiro atoms. The van der Waals surface area contributed by atoms with E-state index in [9.17, 15) is 13.6 Å². The van der Waals surface area contributed by atoms with E-state index in [1.807, 2.05) is 12.1 Å². The van der Waals surface area contributed by atoms with Gasteiger partial charge in [0, 0.05) is 47.6 Å². The van der Waals surface area contributed by atoms with E-state index >= 15 is 0 Å². The van der Waals surface area contributed by atoms with Gasteiger partial charge in [-0.05, 0) is 43.2 Å². The van der Waals surface area contributed by atoms with Gasteiger partial charge < -0.3 is 9.64 Å². The van der Waals surface area contributed by atoms with Crippen molar-refractivity contribution in [3.8, 4) is 11.3 Å². The topological polar surface area (TPSA) is 58.2 Å². The number of nitrogens with one attached hydrogen (secondary N) is 1. The molecule has 166 valence electrons. The van der Waals surface area contributed by atoms with E-state index in [-0.39, 0.29) is 24.1 Å². The quantitative estimate of drug-likeness (QED) is 0.386. The molecule has 8 heteroatoms. The van der Waals surface area contributed by atoms with E-state index < -0.39 is 0 Å². The number of aromatic nitrogens is 2. The highest BCUT2D eigenvalue weighted by Gasteiger charge is 2.23. The number of H-pyrrole nitrogens is 1. The molecule has 1 amide bonds. The monoisotopic (exact) mass is 455 g/mol. The molecule has 0 fully saturated rings. The fourth-order valence-corrected chi connectivity index (χ4v) is 4.91. The van der Waals surface area contributed by atoms with Gasteiger partial charge in [0.2, 0.25) is 0 Å². The number of hydrogen-bond acceptors (Lipinski definition) is 4. The predicted octanol–water partition coefficient (Wildman–Crippen LogP) is 5.42. The number of nitrogens with zero attached hydrogens (tertiary/aromatic N) is 2. The normalized spacial score (nSPS) is 11.2. The molecule has 0 atom stereocenters. The lowest BCUT2D eigenvalue weighted by atomic mass is 10.1. The van der Waals surface area contributed by atoms with Gasteiger partial charge in [0.1, 0.15) is 11.6 Å². The molecule has 0 saturated carbocycles. The average Bonchev–Trinajstić information content (AvgIpc) is 3.39. The number of fused-ring (bicyclic) bond motifs is 1. The molecule has 2 aromatic carbocycles. The summed E-state index contributed by atoms with van der Waals surface area (Å²) >= 11 is 1.29. The Morgan fingerprint density at radius 2 is 2.00 bits per heavy atom. The third-order valence-electron chi connectivity index (χ3n) is 5.28. The van der Waals surface area contributed by atoms with Crippen LogP contribution in [0.1, 0.15) is 27.3 Å². The Bertz CT molecular complexity index is 1250. The number of ether oxygens (including phenoxy) is 1. The molecule has 0 saturated heterocycles. The van der Waals surface area contributed by atoms with E-state index in [0.717, 1.165) is 10.4 Å². The van der Waals surface area contributed by atoms with Crippen molar-refractivity contribution in [1.29, 1.82) is 0 Å². The first-order valence-electron chi connectivity index (χ1n) is 10.2. The SMILES string of the molecule is COCc1c(C(=O)N(C)CCCc2cc(-c3cccc(F)c3)n[nH]2)sc2cccc(F)c12. The Morgan fingerprint density at radius 1 is 1.19 bits per heavy atom. The number of amides is 1. The summed E-state index contributed by atoms with van der Waals surface area (Å²) in [5, 5.41) is 7.69. The standard InChI is InChI=1S/C24H23F2N3O2S/c1-29(11-5-8-17-13-20(28-27-17)15-6-3-7-16(25)12-15)24(30)23-18(14-31-2)22-19(26)9-4-10-21(22)32-23/h3-4,6-7,9-10,12-13H,5,8,11,14H2,1-2H3,(H,27,28). The van der Waals surface area contributed by atoms with Crippen LogP contribution in [-0.2, 0) is 17.8 Å². The van der Waals surface area contributed by atoms with Crippen LogP contribution in [0.4, 0.5) is 8.78 Å². The maximum Gasteiger partial charge on any atom is 0.264 e. The number of halogens is 2. The molecule has 2 aromatic heterocycles. The molecule has 4 rings (SSSR count). The number of aromatic amines is 1. The first-order chi connectivity index (χ1) is 15.5. The molecule has 32 heavy (non-hydrogen) atoms. The highest BCUT2D eigenvalue weighted by atomic mass is 32.1. The number of carbonyl (C=O) groups is 1. The van der Waals surface area contributed by atoms with Crippen molar-refractivity contribution in [3.63, 3.8) is 0 Å². The Morgan fingerprint density at radius 3 is 2.78 bits per heavy atom. The van der Waals surface area contributed by atoms with Crippen molar-refractivity contribution >= 4 is 27.3 Å². The van der Waals surface area contributed by atoms with Crippen molar-refractivity contribution in [1.82, 2.24) is 15.1 Å². The summed E-state index contributed by atoms with van der Waals surface area (Å²) in [7, 11) is 3.27. The Kier molecular flexibility index (Phi) is 6.62. The summed E-state index contributed by atoms with van der Waals surface area (Å²) in [4.78, 5) is 15.2.